The minimum atomic E-state index is 0.0175. The van der Waals surface area contributed by atoms with Crippen molar-refractivity contribution in [3.63, 3.8) is 0 Å². The van der Waals surface area contributed by atoms with E-state index in [0.29, 0.717) is 37.0 Å². The van der Waals surface area contributed by atoms with Gasteiger partial charge in [0.2, 0.25) is 0 Å². The summed E-state index contributed by atoms with van der Waals surface area (Å²) in [6.07, 6.45) is 2.38. The minimum Gasteiger partial charge on any atom is -0.381 e. The predicted molar refractivity (Wildman–Crippen MR) is 91.6 cm³/mol. The summed E-state index contributed by atoms with van der Waals surface area (Å²) in [5, 5.41) is 3.86. The predicted octanol–water partition coefficient (Wildman–Crippen LogP) is 4.15. The molecule has 0 saturated carbocycles. The van der Waals surface area contributed by atoms with Crippen molar-refractivity contribution in [3.8, 4) is 0 Å². The summed E-state index contributed by atoms with van der Waals surface area (Å²) in [5.74, 6) is 1.08. The number of Topliss-reactive ketones (excluding diaryl/α,β-unsaturated/α-hetero) is 1. The lowest BCUT2D eigenvalue weighted by Gasteiger charge is -2.04. The maximum atomic E-state index is 12.1. The maximum absolute atomic E-state index is 12.1. The second-order valence-electron chi connectivity index (χ2n) is 5.99. The molecule has 1 saturated heterocycles. The fourth-order valence-electron chi connectivity index (χ4n) is 2.68. The zero-order valence-corrected chi connectivity index (χ0v) is 15.0. The number of halogens is 1. The van der Waals surface area contributed by atoms with Crippen LogP contribution in [0.25, 0.3) is 0 Å². The maximum Gasteiger partial charge on any atom is 0.184 e. The Bertz CT molecular complexity index is 679. The van der Waals surface area contributed by atoms with Gasteiger partial charge in [-0.3, -0.25) is 4.79 Å². The molecular formula is C18H20BrNO4. The van der Waals surface area contributed by atoms with E-state index in [1.54, 1.807) is 6.07 Å². The van der Waals surface area contributed by atoms with E-state index >= 15 is 0 Å². The van der Waals surface area contributed by atoms with Crippen LogP contribution in [0.3, 0.4) is 0 Å². The summed E-state index contributed by atoms with van der Waals surface area (Å²) in [4.78, 5) is 12.1. The van der Waals surface area contributed by atoms with E-state index in [1.807, 2.05) is 24.3 Å². The fraction of sp³-hybridized carbons (Fsp3) is 0.444. The van der Waals surface area contributed by atoms with Gasteiger partial charge < -0.3 is 14.0 Å². The van der Waals surface area contributed by atoms with Crippen LogP contribution in [0.1, 0.15) is 41.1 Å². The van der Waals surface area contributed by atoms with Gasteiger partial charge in [0.25, 0.3) is 0 Å². The summed E-state index contributed by atoms with van der Waals surface area (Å²) >= 11 is 3.43. The molecular weight excluding hydrogens is 374 g/mol. The first-order valence-electron chi connectivity index (χ1n) is 8.09. The fourth-order valence-corrected chi connectivity index (χ4v) is 3.13. The highest BCUT2D eigenvalue weighted by atomic mass is 79.9. The highest BCUT2D eigenvalue weighted by molar-refractivity contribution is 9.10. The first-order valence-corrected chi connectivity index (χ1v) is 8.89. The van der Waals surface area contributed by atoms with Crippen LogP contribution >= 0.6 is 15.9 Å². The van der Waals surface area contributed by atoms with Gasteiger partial charge >= 0.3 is 0 Å². The summed E-state index contributed by atoms with van der Waals surface area (Å²) in [6, 6.07) is 9.60. The topological polar surface area (TPSA) is 61.6 Å². The molecule has 0 aliphatic carbocycles. The third kappa shape index (κ3) is 5.00. The van der Waals surface area contributed by atoms with Crippen LogP contribution in [0.4, 0.5) is 0 Å². The molecule has 3 rings (SSSR count). The molecule has 1 aliphatic rings. The Balaban J connectivity index is 1.43. The Labute approximate surface area is 149 Å². The van der Waals surface area contributed by atoms with E-state index in [1.165, 1.54) is 0 Å². The molecule has 128 valence electrons. The lowest BCUT2D eigenvalue weighted by molar-refractivity contribution is 0.0879. The first-order chi connectivity index (χ1) is 11.7. The van der Waals surface area contributed by atoms with E-state index in [-0.39, 0.29) is 5.78 Å². The Morgan fingerprint density at radius 3 is 3.04 bits per heavy atom. The first kappa shape index (κ1) is 17.3. The highest BCUT2D eigenvalue weighted by Gasteiger charge is 2.19. The molecule has 2 heterocycles. The van der Waals surface area contributed by atoms with Crippen molar-refractivity contribution in [3.05, 3.63) is 51.8 Å². The molecule has 1 aromatic heterocycles. The monoisotopic (exact) mass is 393 g/mol. The van der Waals surface area contributed by atoms with E-state index in [2.05, 4.69) is 21.1 Å². The van der Waals surface area contributed by atoms with Crippen LogP contribution in [0.5, 0.6) is 0 Å². The van der Waals surface area contributed by atoms with Gasteiger partial charge in [0.15, 0.2) is 11.5 Å². The van der Waals surface area contributed by atoms with Gasteiger partial charge in [-0.2, -0.15) is 0 Å². The van der Waals surface area contributed by atoms with Crippen molar-refractivity contribution in [1.29, 1.82) is 0 Å². The largest absolute Gasteiger partial charge is 0.381 e. The second-order valence-corrected chi connectivity index (χ2v) is 6.91. The van der Waals surface area contributed by atoms with Gasteiger partial charge in [0.1, 0.15) is 12.3 Å². The zero-order valence-electron chi connectivity index (χ0n) is 13.4. The Morgan fingerprint density at radius 2 is 2.25 bits per heavy atom. The van der Waals surface area contributed by atoms with E-state index in [4.69, 9.17) is 14.0 Å². The molecule has 1 aliphatic heterocycles. The van der Waals surface area contributed by atoms with Gasteiger partial charge in [-0.25, -0.2) is 0 Å². The molecule has 0 amide bonds. The number of ether oxygens (including phenoxy) is 2. The van der Waals surface area contributed by atoms with Crippen LogP contribution in [0.15, 0.2) is 39.3 Å². The quantitative estimate of drug-likeness (QED) is 0.630. The van der Waals surface area contributed by atoms with Gasteiger partial charge in [-0.1, -0.05) is 33.2 Å². The van der Waals surface area contributed by atoms with E-state index in [9.17, 15) is 4.79 Å². The standard InChI is InChI=1S/C18H20BrNO4/c19-15-3-1-2-14(8-15)11-23-12-16-9-17(20-24-16)18(21)5-4-13-6-7-22-10-13/h1-3,8-9,13H,4-7,10-12H2. The van der Waals surface area contributed by atoms with Crippen LogP contribution in [-0.2, 0) is 22.7 Å². The molecule has 0 N–H and O–H groups in total. The van der Waals surface area contributed by atoms with Crippen molar-refractivity contribution >= 4 is 21.7 Å². The zero-order chi connectivity index (χ0) is 16.8. The third-order valence-electron chi connectivity index (χ3n) is 4.05. The molecule has 1 unspecified atom stereocenters. The summed E-state index contributed by atoms with van der Waals surface area (Å²) in [6.45, 7) is 2.34. The average Bonchev–Trinajstić information content (AvgIpc) is 3.24. The lowest BCUT2D eigenvalue weighted by Crippen LogP contribution is -2.05. The molecule has 1 aromatic carbocycles. The minimum absolute atomic E-state index is 0.0175. The SMILES string of the molecule is O=C(CCC1CCOC1)c1cc(COCc2cccc(Br)c2)on1. The van der Waals surface area contributed by atoms with Crippen molar-refractivity contribution in [1.82, 2.24) is 5.16 Å². The molecule has 0 spiro atoms. The van der Waals surface area contributed by atoms with E-state index in [0.717, 1.165) is 36.1 Å². The summed E-state index contributed by atoms with van der Waals surface area (Å²) < 4.78 is 17.1. The van der Waals surface area contributed by atoms with Crippen molar-refractivity contribution in [2.24, 2.45) is 5.92 Å². The van der Waals surface area contributed by atoms with E-state index < -0.39 is 0 Å². The molecule has 1 fully saturated rings. The van der Waals surface area contributed by atoms with Crippen molar-refractivity contribution < 1.29 is 18.8 Å². The average molecular weight is 394 g/mol. The summed E-state index contributed by atoms with van der Waals surface area (Å²) in [7, 11) is 0. The molecule has 2 aromatic rings. The molecule has 1 atom stereocenters. The number of carbonyl (C=O) groups is 1. The van der Waals surface area contributed by atoms with Crippen molar-refractivity contribution in [2.75, 3.05) is 13.2 Å². The Hall–Kier alpha value is -1.50. The third-order valence-corrected chi connectivity index (χ3v) is 4.54. The number of hydrogen-bond donors (Lipinski definition) is 0. The lowest BCUT2D eigenvalue weighted by atomic mass is 10.00. The molecule has 5 nitrogen and oxygen atoms in total. The number of nitrogens with zero attached hydrogens (tertiary/aromatic N) is 1. The molecule has 6 heteroatoms. The van der Waals surface area contributed by atoms with Crippen LogP contribution in [-0.4, -0.2) is 24.2 Å². The molecule has 24 heavy (non-hydrogen) atoms. The van der Waals surface area contributed by atoms with Crippen molar-refractivity contribution in [2.45, 2.75) is 32.5 Å². The van der Waals surface area contributed by atoms with Gasteiger partial charge in [0.05, 0.1) is 6.61 Å². The number of carbonyl (C=O) groups excluding carboxylic acids is 1. The number of aromatic nitrogens is 1. The summed E-state index contributed by atoms with van der Waals surface area (Å²) in [5.41, 5.74) is 1.45. The Morgan fingerprint density at radius 1 is 1.33 bits per heavy atom. The normalized spacial score (nSPS) is 17.3. The van der Waals surface area contributed by atoms with Crippen LogP contribution < -0.4 is 0 Å². The number of rotatable bonds is 8. The van der Waals surface area contributed by atoms with Gasteiger partial charge in [-0.15, -0.1) is 0 Å². The molecule has 0 radical (unpaired) electrons. The second kappa shape index (κ2) is 8.55. The number of ketones is 1. The number of hydrogen-bond acceptors (Lipinski definition) is 5. The Kier molecular flexibility index (Phi) is 6.18. The highest BCUT2D eigenvalue weighted by Crippen LogP contribution is 2.20. The molecule has 0 bridgehead atoms. The van der Waals surface area contributed by atoms with Gasteiger partial charge in [0, 0.05) is 30.2 Å². The smallest absolute Gasteiger partial charge is 0.184 e. The van der Waals surface area contributed by atoms with Crippen LogP contribution in [0, 0.1) is 5.92 Å². The van der Waals surface area contributed by atoms with Gasteiger partial charge in [-0.05, 0) is 36.5 Å². The number of benzene rings is 1. The van der Waals surface area contributed by atoms with Crippen LogP contribution in [0.2, 0.25) is 0 Å².